The number of ether oxygens (including phenoxy) is 1. The van der Waals surface area contributed by atoms with Gasteiger partial charge in [0.15, 0.2) is 0 Å². The van der Waals surface area contributed by atoms with Gasteiger partial charge in [-0.15, -0.1) is 0 Å². The van der Waals surface area contributed by atoms with Gasteiger partial charge in [0.1, 0.15) is 5.75 Å². The number of benzene rings is 2. The predicted molar refractivity (Wildman–Crippen MR) is 92.1 cm³/mol. The maximum Gasteiger partial charge on any atom is 0.254 e. The standard InChI is InChI=1S/C19H19N3O2/c1-22-12-14(11-20-22)19(23)21-17-7-4-10-24-18-15-6-3-2-5-13(15)8-9-16(17)18/h2-3,5-6,8-9,11-12,17H,4,7,10H2,1H3,(H,21,23)/t17-/m1/s1. The SMILES string of the molecule is Cn1cc(C(=O)N[C@@H]2CCCOc3c2ccc2ccccc32)cn1. The van der Waals surface area contributed by atoms with Crippen LogP contribution in [-0.4, -0.2) is 22.3 Å². The predicted octanol–water partition coefficient (Wildman–Crippen LogP) is 3.22. The van der Waals surface area contributed by atoms with Crippen LogP contribution >= 0.6 is 0 Å². The van der Waals surface area contributed by atoms with Gasteiger partial charge < -0.3 is 10.1 Å². The summed E-state index contributed by atoms with van der Waals surface area (Å²) >= 11 is 0. The molecule has 0 fully saturated rings. The fourth-order valence-corrected chi connectivity index (χ4v) is 3.24. The van der Waals surface area contributed by atoms with Gasteiger partial charge >= 0.3 is 0 Å². The van der Waals surface area contributed by atoms with Crippen molar-refractivity contribution >= 4 is 16.7 Å². The van der Waals surface area contributed by atoms with Crippen LogP contribution in [-0.2, 0) is 7.05 Å². The summed E-state index contributed by atoms with van der Waals surface area (Å²) in [5.41, 5.74) is 1.62. The molecule has 2 heterocycles. The molecule has 1 aliphatic heterocycles. The van der Waals surface area contributed by atoms with Gasteiger partial charge in [0.2, 0.25) is 0 Å². The molecule has 0 spiro atoms. The molecule has 0 radical (unpaired) electrons. The first-order valence-electron chi connectivity index (χ1n) is 8.16. The van der Waals surface area contributed by atoms with Crippen molar-refractivity contribution < 1.29 is 9.53 Å². The molecule has 4 rings (SSSR count). The first kappa shape index (κ1) is 14.8. The van der Waals surface area contributed by atoms with Crippen LogP contribution in [0.4, 0.5) is 0 Å². The van der Waals surface area contributed by atoms with Crippen molar-refractivity contribution in [2.24, 2.45) is 7.05 Å². The second-order valence-electron chi connectivity index (χ2n) is 6.12. The average Bonchev–Trinajstić information content (AvgIpc) is 2.93. The molecule has 1 aliphatic rings. The van der Waals surface area contributed by atoms with Crippen LogP contribution in [0.25, 0.3) is 10.8 Å². The molecule has 5 nitrogen and oxygen atoms in total. The molecule has 0 saturated heterocycles. The Morgan fingerprint density at radius 1 is 1.29 bits per heavy atom. The highest BCUT2D eigenvalue weighted by Crippen LogP contribution is 2.37. The fourth-order valence-electron chi connectivity index (χ4n) is 3.24. The maximum atomic E-state index is 12.5. The van der Waals surface area contributed by atoms with Gasteiger partial charge in [-0.25, -0.2) is 0 Å². The van der Waals surface area contributed by atoms with Gasteiger partial charge in [0.25, 0.3) is 5.91 Å². The number of amides is 1. The van der Waals surface area contributed by atoms with Crippen molar-refractivity contribution in [1.82, 2.24) is 15.1 Å². The van der Waals surface area contributed by atoms with Crippen molar-refractivity contribution in [3.05, 3.63) is 59.9 Å². The van der Waals surface area contributed by atoms with Gasteiger partial charge in [-0.05, 0) is 18.2 Å². The Balaban J connectivity index is 1.70. The first-order chi connectivity index (χ1) is 11.7. The largest absolute Gasteiger partial charge is 0.493 e. The number of aromatic nitrogens is 2. The van der Waals surface area contributed by atoms with E-state index in [1.54, 1.807) is 24.1 Å². The Morgan fingerprint density at radius 2 is 2.17 bits per heavy atom. The lowest BCUT2D eigenvalue weighted by Crippen LogP contribution is -2.28. The van der Waals surface area contributed by atoms with Crippen LogP contribution in [0.5, 0.6) is 5.75 Å². The van der Waals surface area contributed by atoms with Crippen LogP contribution in [0, 0.1) is 0 Å². The van der Waals surface area contributed by atoms with Gasteiger partial charge in [0.05, 0.1) is 24.4 Å². The molecule has 0 saturated carbocycles. The van der Waals surface area contributed by atoms with Crippen molar-refractivity contribution in [3.8, 4) is 5.75 Å². The zero-order valence-corrected chi connectivity index (χ0v) is 13.5. The highest BCUT2D eigenvalue weighted by molar-refractivity contribution is 5.94. The minimum Gasteiger partial charge on any atom is -0.493 e. The topological polar surface area (TPSA) is 56.2 Å². The molecule has 0 unspecified atom stereocenters. The van der Waals surface area contributed by atoms with E-state index in [0.717, 1.165) is 34.9 Å². The Labute approximate surface area is 140 Å². The summed E-state index contributed by atoms with van der Waals surface area (Å²) in [5.74, 6) is 0.788. The summed E-state index contributed by atoms with van der Waals surface area (Å²) in [5, 5.41) is 9.45. The van der Waals surface area contributed by atoms with E-state index in [-0.39, 0.29) is 11.9 Å². The zero-order valence-electron chi connectivity index (χ0n) is 13.5. The van der Waals surface area contributed by atoms with Gasteiger partial charge in [-0.1, -0.05) is 36.4 Å². The summed E-state index contributed by atoms with van der Waals surface area (Å²) in [6.07, 6.45) is 5.08. The number of carbonyl (C=O) groups is 1. The van der Waals surface area contributed by atoms with E-state index in [2.05, 4.69) is 34.7 Å². The summed E-state index contributed by atoms with van der Waals surface area (Å²) in [6.45, 7) is 0.667. The van der Waals surface area contributed by atoms with E-state index in [0.29, 0.717) is 12.2 Å². The number of fused-ring (bicyclic) bond motifs is 3. The molecule has 1 N–H and O–H groups in total. The molecule has 0 bridgehead atoms. The molecule has 1 aromatic heterocycles. The molecule has 3 aromatic rings. The average molecular weight is 321 g/mol. The van der Waals surface area contributed by atoms with E-state index >= 15 is 0 Å². The third-order valence-electron chi connectivity index (χ3n) is 4.44. The van der Waals surface area contributed by atoms with Crippen LogP contribution < -0.4 is 10.1 Å². The lowest BCUT2D eigenvalue weighted by Gasteiger charge is -2.19. The Hall–Kier alpha value is -2.82. The number of hydrogen-bond donors (Lipinski definition) is 1. The summed E-state index contributed by atoms with van der Waals surface area (Å²) < 4.78 is 7.65. The highest BCUT2D eigenvalue weighted by Gasteiger charge is 2.23. The number of hydrogen-bond acceptors (Lipinski definition) is 3. The number of rotatable bonds is 2. The normalized spacial score (nSPS) is 17.0. The second-order valence-corrected chi connectivity index (χ2v) is 6.12. The zero-order chi connectivity index (χ0) is 16.5. The monoisotopic (exact) mass is 321 g/mol. The molecule has 1 amide bonds. The number of nitrogens with zero attached hydrogens (tertiary/aromatic N) is 2. The van der Waals surface area contributed by atoms with Crippen LogP contribution in [0.3, 0.4) is 0 Å². The van der Waals surface area contributed by atoms with E-state index < -0.39 is 0 Å². The Kier molecular flexibility index (Phi) is 3.69. The molecule has 122 valence electrons. The van der Waals surface area contributed by atoms with Crippen molar-refractivity contribution in [2.75, 3.05) is 6.61 Å². The first-order valence-corrected chi connectivity index (χ1v) is 8.16. The maximum absolute atomic E-state index is 12.5. The molecule has 5 heteroatoms. The number of carbonyl (C=O) groups excluding carboxylic acids is 1. The quantitative estimate of drug-likeness (QED) is 0.788. The minimum absolute atomic E-state index is 0.0557. The van der Waals surface area contributed by atoms with Crippen LogP contribution in [0.2, 0.25) is 0 Å². The molecular formula is C19H19N3O2. The van der Waals surface area contributed by atoms with E-state index in [1.807, 2.05) is 12.1 Å². The molecular weight excluding hydrogens is 302 g/mol. The lowest BCUT2D eigenvalue weighted by molar-refractivity contribution is 0.0934. The van der Waals surface area contributed by atoms with Crippen molar-refractivity contribution in [2.45, 2.75) is 18.9 Å². The van der Waals surface area contributed by atoms with Crippen LogP contribution in [0.15, 0.2) is 48.8 Å². The second kappa shape index (κ2) is 6.00. The molecule has 1 atom stereocenters. The smallest absolute Gasteiger partial charge is 0.254 e. The lowest BCUT2D eigenvalue weighted by atomic mass is 9.98. The Bertz CT molecular complexity index is 901. The van der Waals surface area contributed by atoms with E-state index in [1.165, 1.54) is 0 Å². The summed E-state index contributed by atoms with van der Waals surface area (Å²) in [4.78, 5) is 12.5. The third kappa shape index (κ3) is 2.62. The number of aryl methyl sites for hydroxylation is 1. The summed E-state index contributed by atoms with van der Waals surface area (Å²) in [6, 6.07) is 12.3. The summed E-state index contributed by atoms with van der Waals surface area (Å²) in [7, 11) is 1.80. The van der Waals surface area contributed by atoms with E-state index in [4.69, 9.17) is 4.74 Å². The van der Waals surface area contributed by atoms with Crippen LogP contribution in [0.1, 0.15) is 34.8 Å². The third-order valence-corrected chi connectivity index (χ3v) is 4.44. The minimum atomic E-state index is -0.103. The number of nitrogens with one attached hydrogen (secondary N) is 1. The molecule has 2 aromatic carbocycles. The Morgan fingerprint density at radius 3 is 3.00 bits per heavy atom. The van der Waals surface area contributed by atoms with Gasteiger partial charge in [0, 0.05) is 24.2 Å². The van der Waals surface area contributed by atoms with Crippen molar-refractivity contribution in [1.29, 1.82) is 0 Å². The van der Waals surface area contributed by atoms with Gasteiger partial charge in [-0.3, -0.25) is 9.48 Å². The molecule has 0 aliphatic carbocycles. The highest BCUT2D eigenvalue weighted by atomic mass is 16.5. The molecule has 24 heavy (non-hydrogen) atoms. The fraction of sp³-hybridized carbons (Fsp3) is 0.263. The van der Waals surface area contributed by atoms with E-state index in [9.17, 15) is 4.79 Å². The van der Waals surface area contributed by atoms with Gasteiger partial charge in [-0.2, -0.15) is 5.10 Å². The van der Waals surface area contributed by atoms with Crippen molar-refractivity contribution in [3.63, 3.8) is 0 Å².